The van der Waals surface area contributed by atoms with Gasteiger partial charge in [-0.3, -0.25) is 0 Å². The summed E-state index contributed by atoms with van der Waals surface area (Å²) in [6, 6.07) is 7.98. The molecule has 0 aliphatic heterocycles. The van der Waals surface area contributed by atoms with Crippen LogP contribution >= 0.6 is 11.3 Å². The Kier molecular flexibility index (Phi) is 2.33. The summed E-state index contributed by atoms with van der Waals surface area (Å²) in [5, 5.41) is 0.595. The molecule has 2 heterocycles. The fourth-order valence-corrected chi connectivity index (χ4v) is 2.72. The van der Waals surface area contributed by atoms with Gasteiger partial charge in [0, 0.05) is 0 Å². The van der Waals surface area contributed by atoms with Crippen molar-refractivity contribution in [3.63, 3.8) is 0 Å². The highest BCUT2D eigenvalue weighted by molar-refractivity contribution is 7.18. The molecule has 0 aliphatic rings. The van der Waals surface area contributed by atoms with Crippen LogP contribution in [0.15, 0.2) is 24.3 Å². The van der Waals surface area contributed by atoms with Gasteiger partial charge in [0.25, 0.3) is 0 Å². The first-order chi connectivity index (χ1) is 8.28. The molecule has 0 spiro atoms. The van der Waals surface area contributed by atoms with Gasteiger partial charge in [-0.15, -0.1) is 0 Å². The van der Waals surface area contributed by atoms with Crippen molar-refractivity contribution in [1.29, 1.82) is 0 Å². The van der Waals surface area contributed by atoms with E-state index in [-0.39, 0.29) is 0 Å². The lowest BCUT2D eigenvalue weighted by Crippen LogP contribution is -1.86. The molecule has 3 rings (SSSR count). The number of nitrogens with zero attached hydrogens (tertiary/aromatic N) is 2. The third-order valence-electron chi connectivity index (χ3n) is 2.65. The van der Waals surface area contributed by atoms with Gasteiger partial charge in [0.05, 0.1) is 21.6 Å². The number of benzene rings is 1. The summed E-state index contributed by atoms with van der Waals surface area (Å²) in [7, 11) is 0. The maximum absolute atomic E-state index is 5.75. The first-order valence-corrected chi connectivity index (χ1v) is 6.30. The Labute approximate surface area is 103 Å². The van der Waals surface area contributed by atoms with Crippen LogP contribution in [0.4, 0.5) is 5.13 Å². The molecule has 0 fully saturated rings. The molecule has 86 valence electrons. The van der Waals surface area contributed by atoms with E-state index in [0.717, 1.165) is 33.8 Å². The second-order valence-corrected chi connectivity index (χ2v) is 4.81. The maximum atomic E-state index is 5.75. The monoisotopic (exact) mass is 244 g/mol. The summed E-state index contributed by atoms with van der Waals surface area (Å²) in [5.41, 5.74) is 8.77. The van der Waals surface area contributed by atoms with Crippen LogP contribution in [0.25, 0.3) is 21.7 Å². The molecule has 1 aromatic carbocycles. The molecule has 4 nitrogen and oxygen atoms in total. The number of anilines is 1. The maximum Gasteiger partial charge on any atom is 0.180 e. The third-order valence-corrected chi connectivity index (χ3v) is 3.59. The lowest BCUT2D eigenvalue weighted by atomic mass is 10.3. The molecular formula is C12H12N4S. The molecule has 0 amide bonds. The van der Waals surface area contributed by atoms with Crippen molar-refractivity contribution in [2.24, 2.45) is 0 Å². The van der Waals surface area contributed by atoms with Crippen molar-refractivity contribution in [2.75, 3.05) is 5.73 Å². The minimum absolute atomic E-state index is 0.595. The number of hydrogen-bond donors (Lipinski definition) is 2. The van der Waals surface area contributed by atoms with Crippen molar-refractivity contribution in [2.45, 2.75) is 13.3 Å². The molecule has 5 heteroatoms. The van der Waals surface area contributed by atoms with Crippen molar-refractivity contribution in [3.8, 4) is 10.7 Å². The van der Waals surface area contributed by atoms with Gasteiger partial charge in [0.1, 0.15) is 0 Å². The van der Waals surface area contributed by atoms with Gasteiger partial charge in [-0.2, -0.15) is 0 Å². The molecule has 17 heavy (non-hydrogen) atoms. The summed E-state index contributed by atoms with van der Waals surface area (Å²) in [6.45, 7) is 2.07. The molecule has 0 saturated heterocycles. The zero-order valence-electron chi connectivity index (χ0n) is 9.40. The second-order valence-electron chi connectivity index (χ2n) is 3.78. The fourth-order valence-electron chi connectivity index (χ4n) is 1.86. The molecule has 0 radical (unpaired) electrons. The van der Waals surface area contributed by atoms with E-state index < -0.39 is 0 Å². The zero-order chi connectivity index (χ0) is 11.8. The molecule has 0 bridgehead atoms. The summed E-state index contributed by atoms with van der Waals surface area (Å²) in [5.74, 6) is 0.859. The number of hydrogen-bond acceptors (Lipinski definition) is 4. The molecule has 0 atom stereocenters. The molecule has 3 aromatic rings. The van der Waals surface area contributed by atoms with E-state index in [2.05, 4.69) is 21.9 Å². The number of aryl methyl sites for hydroxylation is 1. The number of aromatic nitrogens is 3. The Morgan fingerprint density at radius 1 is 1.29 bits per heavy atom. The summed E-state index contributed by atoms with van der Waals surface area (Å²) >= 11 is 1.48. The number of nitrogen functional groups attached to an aromatic ring is 1. The van der Waals surface area contributed by atoms with E-state index in [0.29, 0.717) is 5.13 Å². The number of fused-ring (bicyclic) bond motifs is 1. The standard InChI is InChI=1S/C12H12N4S/c1-2-7-10(17-12(13)16-7)11-14-8-5-3-4-6-9(8)15-11/h3-6H,2H2,1H3,(H2,13,16)(H,14,15). The van der Waals surface area contributed by atoms with Gasteiger partial charge in [-0.25, -0.2) is 9.97 Å². The minimum Gasteiger partial charge on any atom is -0.375 e. The minimum atomic E-state index is 0.595. The summed E-state index contributed by atoms with van der Waals surface area (Å²) in [4.78, 5) is 13.2. The number of nitrogens with two attached hydrogens (primary N) is 1. The van der Waals surface area contributed by atoms with Gasteiger partial charge >= 0.3 is 0 Å². The number of thiazole rings is 1. The topological polar surface area (TPSA) is 67.6 Å². The molecule has 0 unspecified atom stereocenters. The lowest BCUT2D eigenvalue weighted by molar-refractivity contribution is 1.06. The Bertz CT molecular complexity index is 635. The first kappa shape index (κ1) is 10.3. The van der Waals surface area contributed by atoms with Crippen LogP contribution in [-0.2, 0) is 6.42 Å². The van der Waals surface area contributed by atoms with E-state index in [1.54, 1.807) is 0 Å². The van der Waals surface area contributed by atoms with Crippen molar-refractivity contribution in [1.82, 2.24) is 15.0 Å². The van der Waals surface area contributed by atoms with E-state index in [1.165, 1.54) is 11.3 Å². The van der Waals surface area contributed by atoms with Gasteiger partial charge in [-0.05, 0) is 18.6 Å². The van der Waals surface area contributed by atoms with Crippen LogP contribution in [0.1, 0.15) is 12.6 Å². The van der Waals surface area contributed by atoms with Crippen LogP contribution in [-0.4, -0.2) is 15.0 Å². The highest BCUT2D eigenvalue weighted by Crippen LogP contribution is 2.31. The fraction of sp³-hybridized carbons (Fsp3) is 0.167. The third kappa shape index (κ3) is 1.68. The van der Waals surface area contributed by atoms with Crippen LogP contribution < -0.4 is 5.73 Å². The van der Waals surface area contributed by atoms with Gasteiger partial charge in [0.2, 0.25) is 0 Å². The van der Waals surface area contributed by atoms with Crippen LogP contribution in [0.2, 0.25) is 0 Å². The van der Waals surface area contributed by atoms with Gasteiger partial charge in [-0.1, -0.05) is 30.4 Å². The molecule has 3 N–H and O–H groups in total. The van der Waals surface area contributed by atoms with Crippen molar-refractivity contribution < 1.29 is 0 Å². The van der Waals surface area contributed by atoms with E-state index in [1.807, 2.05) is 24.3 Å². The highest BCUT2D eigenvalue weighted by Gasteiger charge is 2.13. The van der Waals surface area contributed by atoms with E-state index in [4.69, 9.17) is 5.73 Å². The number of rotatable bonds is 2. The average molecular weight is 244 g/mol. The smallest absolute Gasteiger partial charge is 0.180 e. The van der Waals surface area contributed by atoms with Crippen LogP contribution in [0, 0.1) is 0 Å². The number of H-pyrrole nitrogens is 1. The first-order valence-electron chi connectivity index (χ1n) is 5.48. The molecule has 2 aromatic heterocycles. The number of imidazole rings is 1. The SMILES string of the molecule is CCc1nc(N)sc1-c1nc2ccccc2[nH]1. The average Bonchev–Trinajstić information content (AvgIpc) is 2.91. The summed E-state index contributed by atoms with van der Waals surface area (Å²) < 4.78 is 0. The van der Waals surface area contributed by atoms with E-state index in [9.17, 15) is 0 Å². The Balaban J connectivity index is 2.19. The number of nitrogens with one attached hydrogen (secondary N) is 1. The lowest BCUT2D eigenvalue weighted by Gasteiger charge is -1.93. The largest absolute Gasteiger partial charge is 0.375 e. The van der Waals surface area contributed by atoms with Crippen molar-refractivity contribution >= 4 is 27.5 Å². The molecule has 0 saturated carbocycles. The Morgan fingerprint density at radius 3 is 2.88 bits per heavy atom. The predicted molar refractivity (Wildman–Crippen MR) is 71.0 cm³/mol. The van der Waals surface area contributed by atoms with Gasteiger partial charge < -0.3 is 10.7 Å². The zero-order valence-corrected chi connectivity index (χ0v) is 10.2. The number of para-hydroxylation sites is 2. The Morgan fingerprint density at radius 2 is 2.12 bits per heavy atom. The molecule has 0 aliphatic carbocycles. The predicted octanol–water partition coefficient (Wildman–Crippen LogP) is 2.83. The second kappa shape index (κ2) is 3.85. The Hall–Kier alpha value is -1.88. The van der Waals surface area contributed by atoms with E-state index >= 15 is 0 Å². The van der Waals surface area contributed by atoms with Crippen molar-refractivity contribution in [3.05, 3.63) is 30.0 Å². The van der Waals surface area contributed by atoms with Crippen LogP contribution in [0.5, 0.6) is 0 Å². The molecular weight excluding hydrogens is 232 g/mol. The van der Waals surface area contributed by atoms with Gasteiger partial charge in [0.15, 0.2) is 11.0 Å². The summed E-state index contributed by atoms with van der Waals surface area (Å²) in [6.07, 6.45) is 0.861. The highest BCUT2D eigenvalue weighted by atomic mass is 32.1. The van der Waals surface area contributed by atoms with Crippen LogP contribution in [0.3, 0.4) is 0 Å². The quantitative estimate of drug-likeness (QED) is 0.728. The normalized spacial score (nSPS) is 11.1. The number of aromatic amines is 1.